The first-order chi connectivity index (χ1) is 21.0. The molecular formula is C32H37N7O4S. The van der Waals surface area contributed by atoms with E-state index >= 15 is 0 Å². The third-order valence-corrected chi connectivity index (χ3v) is 9.61. The summed E-state index contributed by atoms with van der Waals surface area (Å²) in [6, 6.07) is 10.5. The van der Waals surface area contributed by atoms with E-state index in [4.69, 9.17) is 9.72 Å². The average Bonchev–Trinajstić information content (AvgIpc) is 3.66. The van der Waals surface area contributed by atoms with Crippen molar-refractivity contribution in [3.8, 4) is 28.3 Å². The van der Waals surface area contributed by atoms with Gasteiger partial charge in [0, 0.05) is 53.9 Å². The summed E-state index contributed by atoms with van der Waals surface area (Å²) in [6.07, 6.45) is 10.6. The molecule has 0 saturated carbocycles. The number of hydrogen-bond donors (Lipinski definition) is 1. The molecule has 1 aliphatic rings. The van der Waals surface area contributed by atoms with Crippen LogP contribution in [0.3, 0.4) is 0 Å². The van der Waals surface area contributed by atoms with Crippen molar-refractivity contribution in [3.63, 3.8) is 0 Å². The van der Waals surface area contributed by atoms with Gasteiger partial charge in [0.25, 0.3) is 10.0 Å². The standard InChI is InChI=1S/C32H37N7O4S/c1-5-37-13-11-25(12-14-37)38-19-24(17-35-38)27-20-39(44(41,42)26-9-7-6-8-10-26)30-29(27)36-28(18-33-30)23-15-22(2)31(34-16-23)43-21-32(3,4)40/h6-10,15-20,25,40H,5,11-14,21H2,1-4H3. The highest BCUT2D eigenvalue weighted by Crippen LogP contribution is 2.34. The summed E-state index contributed by atoms with van der Waals surface area (Å²) >= 11 is 0. The summed E-state index contributed by atoms with van der Waals surface area (Å²) < 4.78 is 36.5. The molecule has 1 N–H and O–H groups in total. The number of piperidine rings is 1. The fourth-order valence-electron chi connectivity index (χ4n) is 5.48. The minimum atomic E-state index is -3.95. The maximum absolute atomic E-state index is 13.8. The summed E-state index contributed by atoms with van der Waals surface area (Å²) in [5, 5.41) is 14.7. The number of aliphatic hydroxyl groups is 1. The van der Waals surface area contributed by atoms with Crippen molar-refractivity contribution in [3.05, 3.63) is 72.9 Å². The van der Waals surface area contributed by atoms with Crippen molar-refractivity contribution in [1.29, 1.82) is 0 Å². The van der Waals surface area contributed by atoms with Crippen LogP contribution in [-0.2, 0) is 10.0 Å². The first kappa shape index (κ1) is 29.9. The van der Waals surface area contributed by atoms with Gasteiger partial charge in [-0.3, -0.25) is 4.68 Å². The van der Waals surface area contributed by atoms with Gasteiger partial charge in [-0.25, -0.2) is 27.3 Å². The zero-order chi connectivity index (χ0) is 31.1. The fraction of sp³-hybridized carbons (Fsp3) is 0.375. The smallest absolute Gasteiger partial charge is 0.269 e. The Bertz CT molecular complexity index is 1890. The second-order valence-electron chi connectivity index (χ2n) is 11.9. The predicted molar refractivity (Wildman–Crippen MR) is 168 cm³/mol. The zero-order valence-corrected chi connectivity index (χ0v) is 26.2. The molecule has 0 atom stereocenters. The number of pyridine rings is 1. The lowest BCUT2D eigenvalue weighted by Gasteiger charge is -2.31. The van der Waals surface area contributed by atoms with Gasteiger partial charge >= 0.3 is 0 Å². The summed E-state index contributed by atoms with van der Waals surface area (Å²) in [5.41, 5.74) is 3.09. The molecule has 5 heterocycles. The summed E-state index contributed by atoms with van der Waals surface area (Å²) in [4.78, 5) is 16.6. The Morgan fingerprint density at radius 1 is 1.02 bits per heavy atom. The number of aryl methyl sites for hydroxylation is 1. The van der Waals surface area contributed by atoms with Gasteiger partial charge in [-0.15, -0.1) is 0 Å². The van der Waals surface area contributed by atoms with Crippen LogP contribution in [0.15, 0.2) is 72.3 Å². The van der Waals surface area contributed by atoms with Crippen LogP contribution in [0, 0.1) is 6.92 Å². The van der Waals surface area contributed by atoms with E-state index in [2.05, 4.69) is 26.9 Å². The minimum Gasteiger partial charge on any atom is -0.474 e. The normalized spacial score (nSPS) is 15.2. The number of rotatable bonds is 9. The monoisotopic (exact) mass is 615 g/mol. The van der Waals surface area contributed by atoms with Gasteiger partial charge in [-0.1, -0.05) is 25.1 Å². The molecule has 1 aromatic carbocycles. The van der Waals surface area contributed by atoms with E-state index in [9.17, 15) is 13.5 Å². The molecule has 0 spiro atoms. The van der Waals surface area contributed by atoms with Gasteiger partial charge in [0.2, 0.25) is 5.88 Å². The molecule has 44 heavy (non-hydrogen) atoms. The maximum atomic E-state index is 13.8. The van der Waals surface area contributed by atoms with Gasteiger partial charge in [-0.2, -0.15) is 5.10 Å². The highest BCUT2D eigenvalue weighted by molar-refractivity contribution is 7.90. The molecule has 0 aliphatic carbocycles. The van der Waals surface area contributed by atoms with Crippen LogP contribution < -0.4 is 4.74 Å². The first-order valence-corrected chi connectivity index (χ1v) is 16.3. The molecule has 1 saturated heterocycles. The maximum Gasteiger partial charge on any atom is 0.269 e. The number of fused-ring (bicyclic) bond motifs is 1. The number of benzene rings is 1. The highest BCUT2D eigenvalue weighted by Gasteiger charge is 2.26. The largest absolute Gasteiger partial charge is 0.474 e. The van der Waals surface area contributed by atoms with Gasteiger partial charge in [0.1, 0.15) is 12.1 Å². The van der Waals surface area contributed by atoms with Crippen LogP contribution in [0.1, 0.15) is 45.2 Å². The fourth-order valence-corrected chi connectivity index (χ4v) is 6.81. The van der Waals surface area contributed by atoms with Crippen LogP contribution >= 0.6 is 0 Å². The summed E-state index contributed by atoms with van der Waals surface area (Å²) in [7, 11) is -3.95. The molecular weight excluding hydrogens is 578 g/mol. The minimum absolute atomic E-state index is 0.101. The molecule has 0 amide bonds. The van der Waals surface area contributed by atoms with E-state index in [0.717, 1.165) is 43.6 Å². The Labute approximate surface area is 257 Å². The van der Waals surface area contributed by atoms with Crippen LogP contribution in [0.25, 0.3) is 33.5 Å². The second-order valence-corrected chi connectivity index (χ2v) is 13.7. The third-order valence-electron chi connectivity index (χ3n) is 7.94. The Balaban J connectivity index is 1.42. The van der Waals surface area contributed by atoms with Crippen molar-refractivity contribution in [2.75, 3.05) is 26.2 Å². The van der Waals surface area contributed by atoms with Gasteiger partial charge < -0.3 is 14.7 Å². The second kappa shape index (κ2) is 11.8. The Kier molecular flexibility index (Phi) is 7.99. The number of likely N-dealkylation sites (tertiary alicyclic amines) is 1. The predicted octanol–water partition coefficient (Wildman–Crippen LogP) is 4.71. The number of hydrogen-bond acceptors (Lipinski definition) is 9. The SMILES string of the molecule is CCN1CCC(n2cc(-c3cn(S(=O)(=O)c4ccccc4)c4ncc(-c5cnc(OCC(C)(C)O)c(C)c5)nc34)cn2)CC1. The molecule has 5 aromatic rings. The number of nitrogens with zero attached hydrogens (tertiary/aromatic N) is 7. The van der Waals surface area contributed by atoms with Crippen molar-refractivity contribution >= 4 is 21.2 Å². The van der Waals surface area contributed by atoms with Crippen molar-refractivity contribution < 1.29 is 18.3 Å². The first-order valence-electron chi connectivity index (χ1n) is 14.8. The van der Waals surface area contributed by atoms with Crippen LogP contribution in [0.2, 0.25) is 0 Å². The lowest BCUT2D eigenvalue weighted by Crippen LogP contribution is -2.34. The molecule has 230 valence electrons. The molecule has 1 fully saturated rings. The summed E-state index contributed by atoms with van der Waals surface area (Å²) in [5.74, 6) is 0.419. The van der Waals surface area contributed by atoms with Crippen molar-refractivity contribution in [2.24, 2.45) is 0 Å². The van der Waals surface area contributed by atoms with E-state index in [-0.39, 0.29) is 23.2 Å². The van der Waals surface area contributed by atoms with Gasteiger partial charge in [0.15, 0.2) is 5.65 Å². The van der Waals surface area contributed by atoms with Crippen LogP contribution in [0.4, 0.5) is 0 Å². The average molecular weight is 616 g/mol. The topological polar surface area (TPSA) is 128 Å². The van der Waals surface area contributed by atoms with E-state index < -0.39 is 15.6 Å². The molecule has 1 aliphatic heterocycles. The number of ether oxygens (including phenoxy) is 1. The Morgan fingerprint density at radius 3 is 2.45 bits per heavy atom. The van der Waals surface area contributed by atoms with E-state index in [1.807, 2.05) is 23.9 Å². The van der Waals surface area contributed by atoms with E-state index in [1.165, 1.54) is 3.97 Å². The molecule has 0 radical (unpaired) electrons. The Hall–Kier alpha value is -4.13. The quantitative estimate of drug-likeness (QED) is 0.251. The molecule has 12 heteroatoms. The van der Waals surface area contributed by atoms with Crippen LogP contribution in [-0.4, -0.2) is 79.0 Å². The number of aromatic nitrogens is 6. The Morgan fingerprint density at radius 2 is 1.77 bits per heavy atom. The third kappa shape index (κ3) is 5.97. The lowest BCUT2D eigenvalue weighted by molar-refractivity contribution is 0.0266. The van der Waals surface area contributed by atoms with E-state index in [0.29, 0.717) is 28.2 Å². The molecule has 11 nitrogen and oxygen atoms in total. The molecule has 0 bridgehead atoms. The zero-order valence-electron chi connectivity index (χ0n) is 25.4. The molecule has 4 aromatic heterocycles. The van der Waals surface area contributed by atoms with Gasteiger partial charge in [0.05, 0.1) is 34.6 Å². The van der Waals surface area contributed by atoms with Crippen molar-refractivity contribution in [2.45, 2.75) is 57.1 Å². The molecule has 0 unspecified atom stereocenters. The highest BCUT2D eigenvalue weighted by atomic mass is 32.2. The lowest BCUT2D eigenvalue weighted by atomic mass is 10.1. The van der Waals surface area contributed by atoms with Gasteiger partial charge in [-0.05, 0) is 58.4 Å². The van der Waals surface area contributed by atoms with Crippen molar-refractivity contribution in [1.82, 2.24) is 33.6 Å². The molecule has 6 rings (SSSR count). The van der Waals surface area contributed by atoms with E-state index in [1.54, 1.807) is 69.0 Å². The van der Waals surface area contributed by atoms with Crippen LogP contribution in [0.5, 0.6) is 5.88 Å². The summed E-state index contributed by atoms with van der Waals surface area (Å²) in [6.45, 7) is 10.6.